The van der Waals surface area contributed by atoms with Gasteiger partial charge in [0.1, 0.15) is 11.5 Å². The predicted molar refractivity (Wildman–Crippen MR) is 81.1 cm³/mol. The molecule has 0 heterocycles. The van der Waals surface area contributed by atoms with E-state index in [1.165, 1.54) is 25.7 Å². The standard InChI is InChI=1S/C17H24O3/c1-4-5-6-7-8-13-19-15-9-11-16(12-10-15)20-17(18)14(2)3/h9-12H,2,4-8,13H2,1,3H3. The highest BCUT2D eigenvalue weighted by Crippen LogP contribution is 2.18. The first-order valence-corrected chi connectivity index (χ1v) is 7.24. The van der Waals surface area contributed by atoms with Gasteiger partial charge in [0.25, 0.3) is 0 Å². The van der Waals surface area contributed by atoms with Gasteiger partial charge in [-0.25, -0.2) is 4.79 Å². The summed E-state index contributed by atoms with van der Waals surface area (Å²) in [5.74, 6) is 0.901. The summed E-state index contributed by atoms with van der Waals surface area (Å²) in [4.78, 5) is 11.3. The monoisotopic (exact) mass is 276 g/mol. The lowest BCUT2D eigenvalue weighted by molar-refractivity contribution is -0.130. The van der Waals surface area contributed by atoms with E-state index in [1.807, 2.05) is 12.1 Å². The summed E-state index contributed by atoms with van der Waals surface area (Å²) in [6.45, 7) is 8.10. The van der Waals surface area contributed by atoms with Gasteiger partial charge in [-0.1, -0.05) is 39.2 Å². The Bertz CT molecular complexity index is 420. The first kappa shape index (κ1) is 16.3. The van der Waals surface area contributed by atoms with E-state index in [0.717, 1.165) is 18.8 Å². The molecule has 0 aliphatic rings. The molecule has 0 N–H and O–H groups in total. The number of hydrogen-bond donors (Lipinski definition) is 0. The molecule has 0 aliphatic heterocycles. The smallest absolute Gasteiger partial charge is 0.338 e. The van der Waals surface area contributed by atoms with Gasteiger partial charge >= 0.3 is 5.97 Å². The van der Waals surface area contributed by atoms with E-state index < -0.39 is 5.97 Å². The van der Waals surface area contributed by atoms with E-state index in [-0.39, 0.29) is 0 Å². The highest BCUT2D eigenvalue weighted by Gasteiger charge is 2.05. The molecule has 1 aromatic rings. The number of carbonyl (C=O) groups is 1. The number of carbonyl (C=O) groups excluding carboxylic acids is 1. The van der Waals surface area contributed by atoms with Crippen LogP contribution in [0.25, 0.3) is 0 Å². The van der Waals surface area contributed by atoms with Crippen LogP contribution in [0.3, 0.4) is 0 Å². The van der Waals surface area contributed by atoms with Crippen molar-refractivity contribution < 1.29 is 14.3 Å². The van der Waals surface area contributed by atoms with Crippen LogP contribution in [0, 0.1) is 0 Å². The minimum atomic E-state index is -0.408. The highest BCUT2D eigenvalue weighted by atomic mass is 16.5. The van der Waals surface area contributed by atoms with Crippen LogP contribution in [-0.2, 0) is 4.79 Å². The molecule has 0 bridgehead atoms. The predicted octanol–water partition coefficient (Wildman–Crippen LogP) is 4.52. The SMILES string of the molecule is C=C(C)C(=O)Oc1ccc(OCCCCCCC)cc1. The fourth-order valence-electron chi connectivity index (χ4n) is 1.69. The summed E-state index contributed by atoms with van der Waals surface area (Å²) in [7, 11) is 0. The molecule has 0 aromatic heterocycles. The van der Waals surface area contributed by atoms with E-state index >= 15 is 0 Å². The number of unbranched alkanes of at least 4 members (excludes halogenated alkanes) is 4. The molecule has 0 spiro atoms. The summed E-state index contributed by atoms with van der Waals surface area (Å²) >= 11 is 0. The molecule has 0 saturated carbocycles. The van der Waals surface area contributed by atoms with E-state index in [2.05, 4.69) is 13.5 Å². The van der Waals surface area contributed by atoms with Gasteiger partial charge in [0.15, 0.2) is 0 Å². The molecular weight excluding hydrogens is 252 g/mol. The number of rotatable bonds is 9. The van der Waals surface area contributed by atoms with Crippen LogP contribution in [-0.4, -0.2) is 12.6 Å². The van der Waals surface area contributed by atoms with Gasteiger partial charge < -0.3 is 9.47 Å². The van der Waals surface area contributed by atoms with Gasteiger partial charge in [0.2, 0.25) is 0 Å². The molecule has 20 heavy (non-hydrogen) atoms. The summed E-state index contributed by atoms with van der Waals surface area (Å²) < 4.78 is 10.7. The maximum Gasteiger partial charge on any atom is 0.338 e. The van der Waals surface area contributed by atoms with Gasteiger partial charge in [-0.3, -0.25) is 0 Å². The number of ether oxygens (including phenoxy) is 2. The Morgan fingerprint density at radius 1 is 1.05 bits per heavy atom. The molecular formula is C17H24O3. The second kappa shape index (κ2) is 9.18. The quantitative estimate of drug-likeness (QED) is 0.288. The van der Waals surface area contributed by atoms with Crippen molar-refractivity contribution in [2.24, 2.45) is 0 Å². The molecule has 3 heteroatoms. The van der Waals surface area contributed by atoms with Gasteiger partial charge in [-0.05, 0) is 37.6 Å². The zero-order valence-electron chi connectivity index (χ0n) is 12.5. The first-order chi connectivity index (χ1) is 9.63. The zero-order valence-corrected chi connectivity index (χ0v) is 12.5. The zero-order chi connectivity index (χ0) is 14.8. The Hall–Kier alpha value is -1.77. The van der Waals surface area contributed by atoms with Gasteiger partial charge in [0.05, 0.1) is 6.61 Å². The largest absolute Gasteiger partial charge is 0.494 e. The molecule has 0 aliphatic carbocycles. The average Bonchev–Trinajstić information content (AvgIpc) is 2.44. The highest BCUT2D eigenvalue weighted by molar-refractivity contribution is 5.88. The third kappa shape index (κ3) is 6.41. The molecule has 0 unspecified atom stereocenters. The van der Waals surface area contributed by atoms with Crippen molar-refractivity contribution in [3.05, 3.63) is 36.4 Å². The summed E-state index contributed by atoms with van der Waals surface area (Å²) in [6.07, 6.45) is 6.11. The molecule has 0 fully saturated rings. The Morgan fingerprint density at radius 3 is 2.25 bits per heavy atom. The molecule has 1 aromatic carbocycles. The van der Waals surface area contributed by atoms with E-state index in [9.17, 15) is 4.79 Å². The fraction of sp³-hybridized carbons (Fsp3) is 0.471. The van der Waals surface area contributed by atoms with Crippen molar-refractivity contribution in [3.63, 3.8) is 0 Å². The van der Waals surface area contributed by atoms with E-state index in [0.29, 0.717) is 11.3 Å². The Balaban J connectivity index is 2.28. The van der Waals surface area contributed by atoms with Crippen molar-refractivity contribution in [1.82, 2.24) is 0 Å². The van der Waals surface area contributed by atoms with Gasteiger partial charge in [-0.15, -0.1) is 0 Å². The second-order valence-electron chi connectivity index (χ2n) is 4.90. The third-order valence-electron chi connectivity index (χ3n) is 2.90. The van der Waals surface area contributed by atoms with Crippen molar-refractivity contribution >= 4 is 5.97 Å². The number of esters is 1. The molecule has 0 amide bonds. The Labute approximate surface area is 121 Å². The molecule has 0 atom stereocenters. The van der Waals surface area contributed by atoms with Crippen LogP contribution >= 0.6 is 0 Å². The van der Waals surface area contributed by atoms with Crippen LogP contribution in [0.5, 0.6) is 11.5 Å². The first-order valence-electron chi connectivity index (χ1n) is 7.24. The lowest BCUT2D eigenvalue weighted by Gasteiger charge is -2.07. The lowest BCUT2D eigenvalue weighted by atomic mass is 10.2. The Morgan fingerprint density at radius 2 is 1.65 bits per heavy atom. The minimum Gasteiger partial charge on any atom is -0.494 e. The lowest BCUT2D eigenvalue weighted by Crippen LogP contribution is -2.08. The number of benzene rings is 1. The molecule has 1 rings (SSSR count). The fourth-order valence-corrected chi connectivity index (χ4v) is 1.69. The van der Waals surface area contributed by atoms with Crippen LogP contribution in [0.15, 0.2) is 36.4 Å². The Kier molecular flexibility index (Phi) is 7.48. The van der Waals surface area contributed by atoms with Crippen molar-refractivity contribution in [2.45, 2.75) is 46.0 Å². The van der Waals surface area contributed by atoms with Crippen LogP contribution in [0.2, 0.25) is 0 Å². The summed E-state index contributed by atoms with van der Waals surface area (Å²) in [5.41, 5.74) is 0.386. The van der Waals surface area contributed by atoms with Crippen molar-refractivity contribution in [3.8, 4) is 11.5 Å². The summed E-state index contributed by atoms with van der Waals surface area (Å²) in [6, 6.07) is 7.08. The van der Waals surface area contributed by atoms with E-state index in [4.69, 9.17) is 9.47 Å². The van der Waals surface area contributed by atoms with Crippen molar-refractivity contribution in [2.75, 3.05) is 6.61 Å². The van der Waals surface area contributed by atoms with E-state index in [1.54, 1.807) is 19.1 Å². The third-order valence-corrected chi connectivity index (χ3v) is 2.90. The van der Waals surface area contributed by atoms with Gasteiger partial charge in [0, 0.05) is 5.57 Å². The number of hydrogen-bond acceptors (Lipinski definition) is 3. The second-order valence-corrected chi connectivity index (χ2v) is 4.90. The van der Waals surface area contributed by atoms with Gasteiger partial charge in [-0.2, -0.15) is 0 Å². The molecule has 110 valence electrons. The topological polar surface area (TPSA) is 35.5 Å². The minimum absolute atomic E-state index is 0.386. The average molecular weight is 276 g/mol. The normalized spacial score (nSPS) is 10.1. The van der Waals surface area contributed by atoms with Crippen molar-refractivity contribution in [1.29, 1.82) is 0 Å². The molecule has 0 saturated heterocycles. The maximum absolute atomic E-state index is 11.3. The molecule has 0 radical (unpaired) electrons. The van der Waals surface area contributed by atoms with Crippen LogP contribution in [0.1, 0.15) is 46.0 Å². The van der Waals surface area contributed by atoms with Crippen LogP contribution < -0.4 is 9.47 Å². The maximum atomic E-state index is 11.3. The van der Waals surface area contributed by atoms with Crippen LogP contribution in [0.4, 0.5) is 0 Å². The summed E-state index contributed by atoms with van der Waals surface area (Å²) in [5, 5.41) is 0. The molecule has 3 nitrogen and oxygen atoms in total.